The van der Waals surface area contributed by atoms with E-state index in [9.17, 15) is 4.79 Å². The Morgan fingerprint density at radius 3 is 2.92 bits per heavy atom. The average molecular weight is 512 g/mol. The van der Waals surface area contributed by atoms with E-state index in [4.69, 9.17) is 0 Å². The number of fused-ring (bicyclic) bond motifs is 2. The molecule has 5 heterocycles. The molecular weight excluding hydrogens is 489 g/mol. The highest BCUT2D eigenvalue weighted by molar-refractivity contribution is 7.13. The lowest BCUT2D eigenvalue weighted by atomic mass is 10.0. The van der Waals surface area contributed by atoms with E-state index in [-0.39, 0.29) is 5.91 Å². The molecule has 0 radical (unpaired) electrons. The topological polar surface area (TPSA) is 112 Å². The SMILES string of the molecule is CCCCC(=O)Nc1cncc(-c2ccc3[nH]nc(-c4nc5nccc(-c6cccs6)c5[nH]4)c3c2F)c1. The first-order chi connectivity index (χ1) is 18.1. The number of benzene rings is 1. The third-order valence-corrected chi connectivity index (χ3v) is 7.06. The van der Waals surface area contributed by atoms with Crippen molar-refractivity contribution in [2.45, 2.75) is 26.2 Å². The number of imidazole rings is 1. The predicted octanol–water partition coefficient (Wildman–Crippen LogP) is 6.56. The molecule has 0 unspecified atom stereocenters. The van der Waals surface area contributed by atoms with Crippen LogP contribution in [0.25, 0.3) is 55.2 Å². The molecule has 6 rings (SSSR count). The number of nitrogens with zero attached hydrogens (tertiary/aromatic N) is 4. The molecule has 0 aliphatic rings. The summed E-state index contributed by atoms with van der Waals surface area (Å²) in [4.78, 5) is 29.8. The zero-order chi connectivity index (χ0) is 25.4. The van der Waals surface area contributed by atoms with Crippen molar-refractivity contribution in [3.63, 3.8) is 0 Å². The van der Waals surface area contributed by atoms with Gasteiger partial charge in [0.2, 0.25) is 5.91 Å². The normalized spacial score (nSPS) is 11.4. The number of hydrogen-bond donors (Lipinski definition) is 3. The van der Waals surface area contributed by atoms with E-state index in [2.05, 4.69) is 35.5 Å². The summed E-state index contributed by atoms with van der Waals surface area (Å²) in [6.07, 6.45) is 7.01. The number of carbonyl (C=O) groups is 1. The molecule has 37 heavy (non-hydrogen) atoms. The van der Waals surface area contributed by atoms with Crippen LogP contribution in [0.2, 0.25) is 0 Å². The van der Waals surface area contributed by atoms with Crippen molar-refractivity contribution in [1.82, 2.24) is 30.1 Å². The second-order valence-corrected chi connectivity index (χ2v) is 9.60. The van der Waals surface area contributed by atoms with Gasteiger partial charge >= 0.3 is 0 Å². The molecule has 5 aromatic heterocycles. The van der Waals surface area contributed by atoms with Gasteiger partial charge in [0.25, 0.3) is 0 Å². The van der Waals surface area contributed by atoms with Crippen LogP contribution in [0.5, 0.6) is 0 Å². The fourth-order valence-electron chi connectivity index (χ4n) is 4.34. The van der Waals surface area contributed by atoms with Crippen LogP contribution in [0.1, 0.15) is 26.2 Å². The number of H-pyrrole nitrogens is 2. The number of nitrogens with one attached hydrogen (secondary N) is 3. The van der Waals surface area contributed by atoms with E-state index in [0.29, 0.717) is 51.3 Å². The molecule has 10 heteroatoms. The van der Waals surface area contributed by atoms with Gasteiger partial charge in [-0.25, -0.2) is 14.4 Å². The molecule has 0 bridgehead atoms. The maximum Gasteiger partial charge on any atom is 0.224 e. The maximum atomic E-state index is 16.0. The van der Waals surface area contributed by atoms with E-state index in [0.717, 1.165) is 28.8 Å². The summed E-state index contributed by atoms with van der Waals surface area (Å²) in [5.74, 6) is -0.123. The fourth-order valence-corrected chi connectivity index (χ4v) is 5.10. The number of thiophene rings is 1. The molecule has 0 aliphatic heterocycles. The van der Waals surface area contributed by atoms with Gasteiger partial charge < -0.3 is 10.3 Å². The largest absolute Gasteiger partial charge is 0.335 e. The summed E-state index contributed by atoms with van der Waals surface area (Å²) in [6, 6.07) is 11.1. The Balaban J connectivity index is 1.41. The number of aromatic nitrogens is 6. The quantitative estimate of drug-likeness (QED) is 0.225. The zero-order valence-corrected chi connectivity index (χ0v) is 20.7. The first-order valence-electron chi connectivity index (χ1n) is 11.9. The van der Waals surface area contributed by atoms with Crippen LogP contribution >= 0.6 is 11.3 Å². The number of halogens is 1. The molecule has 1 amide bonds. The molecule has 0 saturated carbocycles. The first-order valence-corrected chi connectivity index (χ1v) is 12.8. The number of hydrogen-bond acceptors (Lipinski definition) is 6. The molecule has 0 saturated heterocycles. The highest BCUT2D eigenvalue weighted by atomic mass is 32.1. The minimum atomic E-state index is -0.454. The summed E-state index contributed by atoms with van der Waals surface area (Å²) >= 11 is 1.62. The highest BCUT2D eigenvalue weighted by Crippen LogP contribution is 2.36. The number of anilines is 1. The maximum absolute atomic E-state index is 16.0. The molecule has 0 fully saturated rings. The second kappa shape index (κ2) is 9.55. The minimum absolute atomic E-state index is 0.0887. The third kappa shape index (κ3) is 4.25. The summed E-state index contributed by atoms with van der Waals surface area (Å²) < 4.78 is 16.0. The highest BCUT2D eigenvalue weighted by Gasteiger charge is 2.21. The van der Waals surface area contributed by atoms with Crippen molar-refractivity contribution in [1.29, 1.82) is 0 Å². The van der Waals surface area contributed by atoms with Crippen LogP contribution in [0.3, 0.4) is 0 Å². The Morgan fingerprint density at radius 2 is 2.08 bits per heavy atom. The summed E-state index contributed by atoms with van der Waals surface area (Å²) in [5.41, 5.74) is 4.60. The second-order valence-electron chi connectivity index (χ2n) is 8.66. The fraction of sp³-hybridized carbons (Fsp3) is 0.148. The van der Waals surface area contributed by atoms with Crippen LogP contribution < -0.4 is 5.32 Å². The van der Waals surface area contributed by atoms with Crippen molar-refractivity contribution in [3.05, 3.63) is 66.2 Å². The molecule has 6 aromatic rings. The Morgan fingerprint density at radius 1 is 1.16 bits per heavy atom. The molecule has 3 N–H and O–H groups in total. The van der Waals surface area contributed by atoms with E-state index in [1.807, 2.05) is 30.5 Å². The average Bonchev–Trinajstić information content (AvgIpc) is 3.67. The monoisotopic (exact) mass is 511 g/mol. The van der Waals surface area contributed by atoms with E-state index in [1.54, 1.807) is 48.1 Å². The summed E-state index contributed by atoms with van der Waals surface area (Å²) in [7, 11) is 0. The van der Waals surface area contributed by atoms with Crippen LogP contribution in [0.15, 0.2) is 60.4 Å². The van der Waals surface area contributed by atoms with Crippen molar-refractivity contribution >= 4 is 45.0 Å². The molecular formula is C27H22FN7OS. The van der Waals surface area contributed by atoms with Crippen molar-refractivity contribution in [2.75, 3.05) is 5.32 Å². The Kier molecular flexibility index (Phi) is 5.93. The van der Waals surface area contributed by atoms with Gasteiger partial charge in [-0.05, 0) is 42.1 Å². The van der Waals surface area contributed by atoms with Crippen LogP contribution in [-0.4, -0.2) is 36.0 Å². The van der Waals surface area contributed by atoms with Crippen molar-refractivity contribution in [2.24, 2.45) is 0 Å². The predicted molar refractivity (Wildman–Crippen MR) is 144 cm³/mol. The van der Waals surface area contributed by atoms with E-state index >= 15 is 4.39 Å². The van der Waals surface area contributed by atoms with Gasteiger partial charge in [-0.1, -0.05) is 19.4 Å². The summed E-state index contributed by atoms with van der Waals surface area (Å²) in [5, 5.41) is 12.5. The smallest absolute Gasteiger partial charge is 0.224 e. The van der Waals surface area contributed by atoms with Crippen molar-refractivity contribution < 1.29 is 9.18 Å². The lowest BCUT2D eigenvalue weighted by molar-refractivity contribution is -0.116. The minimum Gasteiger partial charge on any atom is -0.335 e. The lowest BCUT2D eigenvalue weighted by Gasteiger charge is -2.08. The molecule has 1 aromatic carbocycles. The van der Waals surface area contributed by atoms with Gasteiger partial charge in [-0.2, -0.15) is 5.10 Å². The van der Waals surface area contributed by atoms with E-state index in [1.165, 1.54) is 0 Å². The molecule has 0 spiro atoms. The first kappa shape index (κ1) is 23.0. The van der Waals surface area contributed by atoms with Crippen LogP contribution in [0.4, 0.5) is 10.1 Å². The number of carbonyl (C=O) groups excluding carboxylic acids is 1. The van der Waals surface area contributed by atoms with E-state index < -0.39 is 5.82 Å². The van der Waals surface area contributed by atoms with Gasteiger partial charge in [0.05, 0.1) is 28.3 Å². The van der Waals surface area contributed by atoms with Crippen LogP contribution in [0, 0.1) is 5.82 Å². The third-order valence-electron chi connectivity index (χ3n) is 6.16. The van der Waals surface area contributed by atoms with Gasteiger partial charge in [0, 0.05) is 40.4 Å². The summed E-state index contributed by atoms with van der Waals surface area (Å²) in [6.45, 7) is 2.03. The van der Waals surface area contributed by atoms with Gasteiger partial charge in [-0.3, -0.25) is 14.9 Å². The number of aromatic amines is 2. The van der Waals surface area contributed by atoms with Gasteiger partial charge in [0.1, 0.15) is 11.5 Å². The molecule has 8 nitrogen and oxygen atoms in total. The van der Waals surface area contributed by atoms with Crippen molar-refractivity contribution in [3.8, 4) is 33.1 Å². The van der Waals surface area contributed by atoms with Gasteiger partial charge in [-0.15, -0.1) is 11.3 Å². The molecule has 0 aliphatic carbocycles. The number of pyridine rings is 2. The van der Waals surface area contributed by atoms with Gasteiger partial charge in [0.15, 0.2) is 11.5 Å². The number of rotatable bonds is 7. The lowest BCUT2D eigenvalue weighted by Crippen LogP contribution is -2.11. The number of amides is 1. The Bertz CT molecular complexity index is 1740. The zero-order valence-electron chi connectivity index (χ0n) is 19.9. The van der Waals surface area contributed by atoms with Crippen LogP contribution in [-0.2, 0) is 4.79 Å². The standard InChI is InChI=1S/C27H22FN7OS/c1-2-3-6-21(36)31-16-12-15(13-29-14-16)17-7-8-19-22(23(17)28)25(35-34-19)27-32-24-18(20-5-4-11-37-20)9-10-30-26(24)33-27/h4-5,7-14H,2-3,6H2,1H3,(H,31,36)(H,34,35)(H,30,32,33). The number of unbranched alkanes of at least 4 members (excludes halogenated alkanes) is 1. The Labute approximate surface area is 215 Å². The molecule has 0 atom stereocenters. The Hall–Kier alpha value is -4.44. The molecule has 184 valence electrons.